The summed E-state index contributed by atoms with van der Waals surface area (Å²) in [7, 11) is -0.691. The highest BCUT2D eigenvalue weighted by Crippen LogP contribution is 2.29. The lowest BCUT2D eigenvalue weighted by atomic mass is 10.0. The van der Waals surface area contributed by atoms with E-state index in [9.17, 15) is 9.00 Å². The van der Waals surface area contributed by atoms with Crippen LogP contribution < -0.4 is 5.32 Å². The number of hydrogen-bond donors (Lipinski definition) is 1. The van der Waals surface area contributed by atoms with Gasteiger partial charge in [0.2, 0.25) is 5.91 Å². The summed E-state index contributed by atoms with van der Waals surface area (Å²) in [5.74, 6) is 1.60. The quantitative estimate of drug-likeness (QED) is 0.922. The summed E-state index contributed by atoms with van der Waals surface area (Å²) in [4.78, 5) is 14.2. The molecule has 21 heavy (non-hydrogen) atoms. The Kier molecular flexibility index (Phi) is 4.40. The lowest BCUT2D eigenvalue weighted by Crippen LogP contribution is -2.43. The Hall–Kier alpha value is -1.20. The average Bonchev–Trinajstić information content (AvgIpc) is 2.90. The van der Waals surface area contributed by atoms with Crippen molar-refractivity contribution in [2.75, 3.05) is 18.1 Å². The van der Waals surface area contributed by atoms with E-state index in [0.29, 0.717) is 6.54 Å². The van der Waals surface area contributed by atoms with Crippen molar-refractivity contribution in [2.45, 2.75) is 38.4 Å². The zero-order chi connectivity index (χ0) is 14.8. The topological polar surface area (TPSA) is 49.4 Å². The smallest absolute Gasteiger partial charge is 0.238 e. The van der Waals surface area contributed by atoms with Crippen molar-refractivity contribution in [3.05, 3.63) is 35.4 Å². The average molecular weight is 306 g/mol. The molecule has 1 aromatic rings. The highest BCUT2D eigenvalue weighted by molar-refractivity contribution is 7.85. The fraction of sp³-hybridized carbons (Fsp3) is 0.562. The minimum Gasteiger partial charge on any atom is -0.319 e. The first kappa shape index (κ1) is 14.7. The number of nitrogens with one attached hydrogen (secondary N) is 1. The lowest BCUT2D eigenvalue weighted by molar-refractivity contribution is -0.130. The predicted molar refractivity (Wildman–Crippen MR) is 84.3 cm³/mol. The van der Waals surface area contributed by atoms with Crippen LogP contribution in [0.5, 0.6) is 0 Å². The molecule has 0 spiro atoms. The first-order valence-electron chi connectivity index (χ1n) is 7.67. The second kappa shape index (κ2) is 6.28. The molecular weight excluding hydrogens is 284 g/mol. The van der Waals surface area contributed by atoms with Gasteiger partial charge in [0.15, 0.2) is 0 Å². The van der Waals surface area contributed by atoms with E-state index in [-0.39, 0.29) is 18.1 Å². The fourth-order valence-corrected chi connectivity index (χ4v) is 4.48. The van der Waals surface area contributed by atoms with Crippen molar-refractivity contribution in [1.29, 1.82) is 0 Å². The van der Waals surface area contributed by atoms with Gasteiger partial charge in [0.05, 0.1) is 6.54 Å². The molecule has 1 N–H and O–H groups in total. The second-order valence-electron chi connectivity index (χ2n) is 5.76. The number of benzene rings is 1. The van der Waals surface area contributed by atoms with Gasteiger partial charge < -0.3 is 4.90 Å². The van der Waals surface area contributed by atoms with Crippen molar-refractivity contribution in [2.24, 2.45) is 0 Å². The van der Waals surface area contributed by atoms with Crippen molar-refractivity contribution in [1.82, 2.24) is 10.2 Å². The number of hydrogen-bond acceptors (Lipinski definition) is 3. The van der Waals surface area contributed by atoms with E-state index in [1.807, 2.05) is 4.90 Å². The predicted octanol–water partition coefficient (Wildman–Crippen LogP) is 1.59. The molecule has 0 saturated carbocycles. The zero-order valence-corrected chi connectivity index (χ0v) is 13.2. The molecule has 3 rings (SSSR count). The molecule has 2 aliphatic rings. The second-order valence-corrected chi connectivity index (χ2v) is 7.45. The van der Waals surface area contributed by atoms with E-state index in [0.717, 1.165) is 36.3 Å². The molecule has 2 aliphatic heterocycles. The number of amides is 1. The van der Waals surface area contributed by atoms with Crippen LogP contribution >= 0.6 is 0 Å². The summed E-state index contributed by atoms with van der Waals surface area (Å²) >= 11 is 0. The molecule has 0 bridgehead atoms. The van der Waals surface area contributed by atoms with E-state index in [4.69, 9.17) is 0 Å². The highest BCUT2D eigenvalue weighted by atomic mass is 32.2. The van der Waals surface area contributed by atoms with Crippen LogP contribution in [0.15, 0.2) is 24.3 Å². The van der Waals surface area contributed by atoms with E-state index >= 15 is 0 Å². The van der Waals surface area contributed by atoms with Crippen molar-refractivity contribution >= 4 is 16.7 Å². The summed E-state index contributed by atoms with van der Waals surface area (Å²) in [6, 6.07) is 8.72. The molecule has 1 atom stereocenters. The maximum atomic E-state index is 12.2. The van der Waals surface area contributed by atoms with Gasteiger partial charge in [-0.3, -0.25) is 14.3 Å². The molecule has 2 heterocycles. The zero-order valence-electron chi connectivity index (χ0n) is 12.4. The third-order valence-corrected chi connectivity index (χ3v) is 5.85. The molecule has 2 saturated heterocycles. The Bertz CT molecular complexity index is 534. The summed E-state index contributed by atoms with van der Waals surface area (Å²) in [6.45, 7) is 2.54. The Morgan fingerprint density at radius 3 is 2.52 bits per heavy atom. The molecule has 0 radical (unpaired) electrons. The van der Waals surface area contributed by atoms with Gasteiger partial charge in [-0.05, 0) is 30.4 Å². The molecule has 1 amide bonds. The summed E-state index contributed by atoms with van der Waals surface area (Å²) < 4.78 is 11.5. The number of nitrogens with zero attached hydrogens (tertiary/aromatic N) is 1. The van der Waals surface area contributed by atoms with E-state index in [2.05, 4.69) is 36.5 Å². The first-order chi connectivity index (χ1) is 10.2. The minimum absolute atomic E-state index is 0.0278. The maximum absolute atomic E-state index is 12.2. The summed E-state index contributed by atoms with van der Waals surface area (Å²) in [6.07, 6.45) is 2.70. The number of rotatable bonds is 3. The van der Waals surface area contributed by atoms with E-state index < -0.39 is 10.8 Å². The van der Waals surface area contributed by atoms with Gasteiger partial charge in [0.25, 0.3) is 0 Å². The Morgan fingerprint density at radius 1 is 1.24 bits per heavy atom. The molecule has 114 valence electrons. The van der Waals surface area contributed by atoms with Gasteiger partial charge in [0.1, 0.15) is 6.17 Å². The largest absolute Gasteiger partial charge is 0.319 e. The molecule has 0 aromatic heterocycles. The van der Waals surface area contributed by atoms with Gasteiger partial charge in [0, 0.05) is 28.3 Å². The van der Waals surface area contributed by atoms with E-state index in [1.54, 1.807) is 0 Å². The lowest BCUT2D eigenvalue weighted by Gasteiger charge is -2.35. The van der Waals surface area contributed by atoms with Crippen LogP contribution in [0.25, 0.3) is 0 Å². The van der Waals surface area contributed by atoms with E-state index in [1.165, 1.54) is 5.56 Å². The molecule has 1 unspecified atom stereocenters. The Balaban J connectivity index is 1.79. The monoisotopic (exact) mass is 306 g/mol. The van der Waals surface area contributed by atoms with Crippen molar-refractivity contribution in [3.8, 4) is 0 Å². The number of carbonyl (C=O) groups excluding carboxylic acids is 1. The molecule has 4 nitrogen and oxygen atoms in total. The normalized spacial score (nSPS) is 29.9. The highest BCUT2D eigenvalue weighted by Gasteiger charge is 2.37. The van der Waals surface area contributed by atoms with Crippen LogP contribution in [0.4, 0.5) is 0 Å². The van der Waals surface area contributed by atoms with Crippen LogP contribution in [0.3, 0.4) is 0 Å². The molecule has 5 heteroatoms. The minimum atomic E-state index is -0.691. The first-order valence-corrected chi connectivity index (χ1v) is 9.16. The van der Waals surface area contributed by atoms with Gasteiger partial charge in [-0.25, -0.2) is 0 Å². The third-order valence-electron chi connectivity index (χ3n) is 4.47. The molecule has 2 fully saturated rings. The summed E-state index contributed by atoms with van der Waals surface area (Å²) in [5, 5.41) is 3.32. The number of aryl methyl sites for hydroxylation is 1. The molecule has 0 aliphatic carbocycles. The summed E-state index contributed by atoms with van der Waals surface area (Å²) in [5.41, 5.74) is 2.45. The van der Waals surface area contributed by atoms with Crippen LogP contribution in [0, 0.1) is 0 Å². The number of carbonyl (C=O) groups is 1. The van der Waals surface area contributed by atoms with Crippen molar-refractivity contribution < 1.29 is 9.00 Å². The molecule has 1 aromatic carbocycles. The van der Waals surface area contributed by atoms with Crippen LogP contribution in [0.1, 0.15) is 37.1 Å². The maximum Gasteiger partial charge on any atom is 0.238 e. The van der Waals surface area contributed by atoms with Crippen molar-refractivity contribution in [3.63, 3.8) is 0 Å². The van der Waals surface area contributed by atoms with Crippen LogP contribution in [0.2, 0.25) is 0 Å². The molecular formula is C16H22N2O2S. The Morgan fingerprint density at radius 2 is 1.90 bits per heavy atom. The standard InChI is InChI=1S/C16H22N2O2S/c1-2-12-3-5-13(6-4-12)16-17-11-15(19)18(16)14-7-9-21(20)10-8-14/h3-6,14,16-17H,2,7-11H2,1H3. The van der Waals surface area contributed by atoms with Crippen LogP contribution in [-0.4, -0.2) is 39.1 Å². The van der Waals surface area contributed by atoms with Crippen LogP contribution in [-0.2, 0) is 22.0 Å². The van der Waals surface area contributed by atoms with Gasteiger partial charge in [-0.1, -0.05) is 31.2 Å². The SMILES string of the molecule is CCc1ccc(C2NCC(=O)N2C2CCS(=O)CC2)cc1. The van der Waals surface area contributed by atoms with Gasteiger partial charge >= 0.3 is 0 Å². The van der Waals surface area contributed by atoms with Gasteiger partial charge in [-0.2, -0.15) is 0 Å². The third kappa shape index (κ3) is 3.04. The Labute approximate surface area is 128 Å². The van der Waals surface area contributed by atoms with Gasteiger partial charge in [-0.15, -0.1) is 0 Å². The fourth-order valence-electron chi connectivity index (χ4n) is 3.21.